The summed E-state index contributed by atoms with van der Waals surface area (Å²) in [5.41, 5.74) is 7.57. The second-order valence-corrected chi connectivity index (χ2v) is 6.00. The number of imidazole rings is 1. The molecule has 2 N–H and O–H groups in total. The van der Waals surface area contributed by atoms with Crippen molar-refractivity contribution in [1.82, 2.24) is 9.55 Å². The second kappa shape index (κ2) is 4.41. The van der Waals surface area contributed by atoms with Crippen LogP contribution in [0, 0.1) is 0 Å². The number of nitrogens with zero attached hydrogens (tertiary/aromatic N) is 2. The van der Waals surface area contributed by atoms with E-state index in [1.807, 2.05) is 6.20 Å². The second-order valence-electron chi connectivity index (χ2n) is 4.85. The van der Waals surface area contributed by atoms with E-state index in [0.29, 0.717) is 5.92 Å². The minimum absolute atomic E-state index is 0.174. The largest absolute Gasteiger partial charge is 0.316 e. The Morgan fingerprint density at radius 3 is 3.12 bits per heavy atom. The molecule has 2 unspecified atom stereocenters. The molecule has 1 saturated heterocycles. The molecule has 4 heteroatoms. The Labute approximate surface area is 101 Å². The van der Waals surface area contributed by atoms with Crippen molar-refractivity contribution in [3.63, 3.8) is 0 Å². The predicted molar refractivity (Wildman–Crippen MR) is 67.7 cm³/mol. The van der Waals surface area contributed by atoms with Crippen molar-refractivity contribution < 1.29 is 0 Å². The molecule has 3 nitrogen and oxygen atoms in total. The zero-order valence-corrected chi connectivity index (χ0v) is 10.4. The van der Waals surface area contributed by atoms with E-state index in [2.05, 4.69) is 21.3 Å². The van der Waals surface area contributed by atoms with Crippen LogP contribution in [-0.2, 0) is 6.42 Å². The summed E-state index contributed by atoms with van der Waals surface area (Å²) in [7, 11) is 0. The highest BCUT2D eigenvalue weighted by Crippen LogP contribution is 2.33. The van der Waals surface area contributed by atoms with Crippen LogP contribution in [0.5, 0.6) is 0 Å². The van der Waals surface area contributed by atoms with Gasteiger partial charge in [0.1, 0.15) is 5.82 Å². The zero-order valence-electron chi connectivity index (χ0n) is 9.56. The Morgan fingerprint density at radius 1 is 1.38 bits per heavy atom. The van der Waals surface area contributed by atoms with Gasteiger partial charge in [-0.2, -0.15) is 11.8 Å². The van der Waals surface area contributed by atoms with Gasteiger partial charge in [0.25, 0.3) is 0 Å². The van der Waals surface area contributed by atoms with Gasteiger partial charge < -0.3 is 10.3 Å². The summed E-state index contributed by atoms with van der Waals surface area (Å²) in [6.07, 6.45) is 8.31. The zero-order chi connectivity index (χ0) is 11.0. The number of thioether (sulfide) groups is 1. The lowest BCUT2D eigenvalue weighted by Crippen LogP contribution is -2.28. The number of aryl methyl sites for hydroxylation is 1. The molecule has 1 aromatic rings. The fraction of sp³-hybridized carbons (Fsp3) is 0.750. The maximum Gasteiger partial charge on any atom is 0.114 e. The van der Waals surface area contributed by atoms with Gasteiger partial charge in [0, 0.05) is 23.6 Å². The minimum atomic E-state index is 0.174. The number of nitrogens with two attached hydrogens (primary N) is 1. The van der Waals surface area contributed by atoms with Crippen molar-refractivity contribution in [2.75, 3.05) is 11.5 Å². The molecule has 0 aromatic carbocycles. The van der Waals surface area contributed by atoms with Gasteiger partial charge in [0.2, 0.25) is 0 Å². The summed E-state index contributed by atoms with van der Waals surface area (Å²) in [5, 5.41) is 0. The van der Waals surface area contributed by atoms with Crippen LogP contribution in [-0.4, -0.2) is 21.1 Å². The van der Waals surface area contributed by atoms with E-state index < -0.39 is 0 Å². The highest BCUT2D eigenvalue weighted by molar-refractivity contribution is 7.99. The monoisotopic (exact) mass is 237 g/mol. The molecular formula is C12H19N3S. The number of hydrogen-bond donors (Lipinski definition) is 1. The van der Waals surface area contributed by atoms with Crippen molar-refractivity contribution in [1.29, 1.82) is 0 Å². The summed E-state index contributed by atoms with van der Waals surface area (Å²) >= 11 is 2.06. The van der Waals surface area contributed by atoms with Crippen LogP contribution in [0.3, 0.4) is 0 Å². The third-order valence-corrected chi connectivity index (χ3v) is 4.91. The molecular weight excluding hydrogens is 218 g/mol. The maximum atomic E-state index is 6.21. The Bertz CT molecular complexity index is 368. The first-order valence-electron chi connectivity index (χ1n) is 6.25. The third-order valence-electron chi connectivity index (χ3n) is 3.69. The summed E-state index contributed by atoms with van der Waals surface area (Å²) < 4.78 is 2.32. The summed E-state index contributed by atoms with van der Waals surface area (Å²) in [4.78, 5) is 4.64. The first-order chi connectivity index (χ1) is 7.86. The molecule has 16 heavy (non-hydrogen) atoms. The molecule has 2 aliphatic heterocycles. The predicted octanol–water partition coefficient (Wildman–Crippen LogP) is 2.29. The average Bonchev–Trinajstić information content (AvgIpc) is 2.75. The molecule has 88 valence electrons. The fourth-order valence-corrected chi connectivity index (χ4v) is 3.99. The highest BCUT2D eigenvalue weighted by Gasteiger charge is 2.26. The SMILES string of the molecule is NC1CCCc2cnc(C3CCCSC3)n21. The Morgan fingerprint density at radius 2 is 2.31 bits per heavy atom. The molecule has 0 saturated carbocycles. The minimum Gasteiger partial charge on any atom is -0.316 e. The van der Waals surface area contributed by atoms with Gasteiger partial charge in [-0.15, -0.1) is 0 Å². The standard InChI is InChI=1S/C12H19N3S/c13-11-5-1-4-10-7-14-12(15(10)11)9-3-2-6-16-8-9/h7,9,11H,1-6,8,13H2. The van der Waals surface area contributed by atoms with Crippen LogP contribution in [0.2, 0.25) is 0 Å². The number of rotatable bonds is 1. The van der Waals surface area contributed by atoms with Gasteiger partial charge in [0.15, 0.2) is 0 Å². The first-order valence-corrected chi connectivity index (χ1v) is 7.41. The van der Waals surface area contributed by atoms with E-state index in [9.17, 15) is 0 Å². The molecule has 0 bridgehead atoms. The van der Waals surface area contributed by atoms with Crippen LogP contribution in [0.4, 0.5) is 0 Å². The van der Waals surface area contributed by atoms with Gasteiger partial charge in [-0.3, -0.25) is 0 Å². The summed E-state index contributed by atoms with van der Waals surface area (Å²) in [5.74, 6) is 4.44. The van der Waals surface area contributed by atoms with Crippen LogP contribution in [0.25, 0.3) is 0 Å². The molecule has 0 amide bonds. The summed E-state index contributed by atoms with van der Waals surface area (Å²) in [6, 6.07) is 0. The lowest BCUT2D eigenvalue weighted by atomic mass is 10.0. The van der Waals surface area contributed by atoms with Gasteiger partial charge in [0.05, 0.1) is 6.17 Å². The van der Waals surface area contributed by atoms with Crippen LogP contribution >= 0.6 is 11.8 Å². The maximum absolute atomic E-state index is 6.21. The number of aromatic nitrogens is 2. The van der Waals surface area contributed by atoms with Crippen molar-refractivity contribution in [2.45, 2.75) is 44.2 Å². The highest BCUT2D eigenvalue weighted by atomic mass is 32.2. The van der Waals surface area contributed by atoms with Gasteiger partial charge in [-0.05, 0) is 37.9 Å². The molecule has 0 radical (unpaired) electrons. The quantitative estimate of drug-likeness (QED) is 0.815. The van der Waals surface area contributed by atoms with E-state index >= 15 is 0 Å². The Hall–Kier alpha value is -0.480. The van der Waals surface area contributed by atoms with Crippen LogP contribution in [0.1, 0.15) is 49.3 Å². The topological polar surface area (TPSA) is 43.8 Å². The lowest BCUT2D eigenvalue weighted by Gasteiger charge is -2.28. The van der Waals surface area contributed by atoms with E-state index in [-0.39, 0.29) is 6.17 Å². The molecule has 0 spiro atoms. The smallest absolute Gasteiger partial charge is 0.114 e. The van der Waals surface area contributed by atoms with E-state index in [1.165, 1.54) is 42.3 Å². The molecule has 2 atom stereocenters. The molecule has 3 rings (SSSR count). The van der Waals surface area contributed by atoms with Gasteiger partial charge in [-0.25, -0.2) is 4.98 Å². The van der Waals surface area contributed by atoms with Crippen molar-refractivity contribution in [3.05, 3.63) is 17.7 Å². The third kappa shape index (κ3) is 1.78. The van der Waals surface area contributed by atoms with Crippen molar-refractivity contribution >= 4 is 11.8 Å². The molecule has 0 aliphatic carbocycles. The lowest BCUT2D eigenvalue weighted by molar-refractivity contribution is 0.390. The van der Waals surface area contributed by atoms with Crippen LogP contribution < -0.4 is 5.73 Å². The van der Waals surface area contributed by atoms with E-state index in [4.69, 9.17) is 5.73 Å². The van der Waals surface area contributed by atoms with E-state index in [1.54, 1.807) is 0 Å². The van der Waals surface area contributed by atoms with Crippen LogP contribution in [0.15, 0.2) is 6.20 Å². The van der Waals surface area contributed by atoms with E-state index in [0.717, 1.165) is 12.8 Å². The molecule has 1 fully saturated rings. The van der Waals surface area contributed by atoms with Gasteiger partial charge in [-0.1, -0.05) is 0 Å². The normalized spacial score (nSPS) is 30.1. The average molecular weight is 237 g/mol. The Kier molecular flexibility index (Phi) is 2.94. The molecule has 1 aromatic heterocycles. The van der Waals surface area contributed by atoms with Crippen molar-refractivity contribution in [3.8, 4) is 0 Å². The molecule has 3 heterocycles. The number of hydrogen-bond acceptors (Lipinski definition) is 3. The number of fused-ring (bicyclic) bond motifs is 1. The Balaban J connectivity index is 1.91. The van der Waals surface area contributed by atoms with Crippen molar-refractivity contribution in [2.24, 2.45) is 5.73 Å². The fourth-order valence-electron chi connectivity index (χ4n) is 2.85. The summed E-state index contributed by atoms with van der Waals surface area (Å²) in [6.45, 7) is 0. The molecule has 2 aliphatic rings. The first kappa shape index (κ1) is 10.7. The van der Waals surface area contributed by atoms with Gasteiger partial charge >= 0.3 is 0 Å².